The second-order valence-corrected chi connectivity index (χ2v) is 7.27. The number of ether oxygens (including phenoxy) is 1. The van der Waals surface area contributed by atoms with Crippen molar-refractivity contribution in [2.75, 3.05) is 6.61 Å². The summed E-state index contributed by atoms with van der Waals surface area (Å²) >= 11 is 5.88. The van der Waals surface area contributed by atoms with Crippen LogP contribution in [-0.4, -0.2) is 35.4 Å². The third-order valence-corrected chi connectivity index (χ3v) is 4.44. The van der Waals surface area contributed by atoms with Crippen LogP contribution in [0.5, 0.6) is 5.75 Å². The lowest BCUT2D eigenvalue weighted by atomic mass is 10.1. The standard InChI is InChI=1S/C22H27ClN2O3/c1-4-20(22(27)24-16(2)3)25(14-17-8-6-5-7-9-17)21(26)15-28-19-12-10-18(23)11-13-19/h5-13,16,20H,4,14-15H2,1-3H3,(H,24,27). The second-order valence-electron chi connectivity index (χ2n) is 6.84. The van der Waals surface area contributed by atoms with E-state index in [9.17, 15) is 9.59 Å². The molecule has 2 rings (SSSR count). The molecule has 150 valence electrons. The van der Waals surface area contributed by atoms with Crippen LogP contribution in [0.15, 0.2) is 54.6 Å². The number of hydrogen-bond acceptors (Lipinski definition) is 3. The predicted molar refractivity (Wildman–Crippen MR) is 111 cm³/mol. The molecule has 0 saturated carbocycles. The van der Waals surface area contributed by atoms with E-state index in [4.69, 9.17) is 16.3 Å². The first-order valence-corrected chi connectivity index (χ1v) is 9.80. The third kappa shape index (κ3) is 6.57. The van der Waals surface area contributed by atoms with Gasteiger partial charge in [0.05, 0.1) is 0 Å². The first kappa shape index (κ1) is 21.8. The Morgan fingerprint density at radius 2 is 1.71 bits per heavy atom. The molecule has 5 nitrogen and oxygen atoms in total. The van der Waals surface area contributed by atoms with E-state index in [0.717, 1.165) is 5.56 Å². The van der Waals surface area contributed by atoms with Gasteiger partial charge < -0.3 is 15.0 Å². The van der Waals surface area contributed by atoms with Crippen molar-refractivity contribution in [2.45, 2.75) is 45.8 Å². The summed E-state index contributed by atoms with van der Waals surface area (Å²) in [6, 6.07) is 15.9. The van der Waals surface area contributed by atoms with E-state index in [1.165, 1.54) is 0 Å². The van der Waals surface area contributed by atoms with Crippen molar-refractivity contribution in [3.8, 4) is 5.75 Å². The number of rotatable bonds is 9. The fourth-order valence-electron chi connectivity index (χ4n) is 2.84. The average molecular weight is 403 g/mol. The molecule has 1 atom stereocenters. The number of carbonyl (C=O) groups is 2. The molecule has 0 fully saturated rings. The van der Waals surface area contributed by atoms with Crippen molar-refractivity contribution in [1.29, 1.82) is 0 Å². The smallest absolute Gasteiger partial charge is 0.261 e. The van der Waals surface area contributed by atoms with Gasteiger partial charge in [0, 0.05) is 17.6 Å². The summed E-state index contributed by atoms with van der Waals surface area (Å²) in [6.45, 7) is 5.89. The molecule has 1 N–H and O–H groups in total. The topological polar surface area (TPSA) is 58.6 Å². The maximum Gasteiger partial charge on any atom is 0.261 e. The zero-order valence-electron chi connectivity index (χ0n) is 16.5. The summed E-state index contributed by atoms with van der Waals surface area (Å²) in [4.78, 5) is 27.2. The van der Waals surface area contributed by atoms with E-state index in [1.54, 1.807) is 29.2 Å². The molecule has 0 aliphatic rings. The highest BCUT2D eigenvalue weighted by Crippen LogP contribution is 2.17. The van der Waals surface area contributed by atoms with Crippen LogP contribution in [0.4, 0.5) is 0 Å². The number of nitrogens with zero attached hydrogens (tertiary/aromatic N) is 1. The zero-order valence-corrected chi connectivity index (χ0v) is 17.3. The number of benzene rings is 2. The lowest BCUT2D eigenvalue weighted by molar-refractivity contribution is -0.143. The van der Waals surface area contributed by atoms with Crippen molar-refractivity contribution in [3.05, 3.63) is 65.2 Å². The van der Waals surface area contributed by atoms with Crippen molar-refractivity contribution in [1.82, 2.24) is 10.2 Å². The second kappa shape index (κ2) is 10.7. The van der Waals surface area contributed by atoms with Crippen molar-refractivity contribution in [3.63, 3.8) is 0 Å². The Labute approximate surface area is 171 Å². The average Bonchev–Trinajstić information content (AvgIpc) is 2.67. The van der Waals surface area contributed by atoms with Crippen LogP contribution in [0.1, 0.15) is 32.8 Å². The number of carbonyl (C=O) groups excluding carboxylic acids is 2. The van der Waals surface area contributed by atoms with Gasteiger partial charge in [0.25, 0.3) is 5.91 Å². The summed E-state index contributed by atoms with van der Waals surface area (Å²) in [5.41, 5.74) is 0.957. The van der Waals surface area contributed by atoms with Crippen LogP contribution in [0.25, 0.3) is 0 Å². The number of nitrogens with one attached hydrogen (secondary N) is 1. The maximum atomic E-state index is 13.0. The predicted octanol–water partition coefficient (Wildman–Crippen LogP) is 4.05. The van der Waals surface area contributed by atoms with E-state index in [2.05, 4.69) is 5.32 Å². The van der Waals surface area contributed by atoms with Crippen LogP contribution in [0, 0.1) is 0 Å². The Bertz CT molecular complexity index is 763. The fourth-order valence-corrected chi connectivity index (χ4v) is 2.97. The van der Waals surface area contributed by atoms with Gasteiger partial charge >= 0.3 is 0 Å². The van der Waals surface area contributed by atoms with Crippen molar-refractivity contribution < 1.29 is 14.3 Å². The molecule has 28 heavy (non-hydrogen) atoms. The van der Waals surface area contributed by atoms with Gasteiger partial charge in [0.2, 0.25) is 5.91 Å². The van der Waals surface area contributed by atoms with Gasteiger partial charge in [0.15, 0.2) is 6.61 Å². The zero-order chi connectivity index (χ0) is 20.5. The number of hydrogen-bond donors (Lipinski definition) is 1. The largest absolute Gasteiger partial charge is 0.484 e. The highest BCUT2D eigenvalue weighted by Gasteiger charge is 2.29. The maximum absolute atomic E-state index is 13.0. The monoisotopic (exact) mass is 402 g/mol. The first-order valence-electron chi connectivity index (χ1n) is 9.42. The molecule has 0 bridgehead atoms. The summed E-state index contributed by atoms with van der Waals surface area (Å²) in [5, 5.41) is 3.50. The van der Waals surface area contributed by atoms with Crippen LogP contribution < -0.4 is 10.1 Å². The van der Waals surface area contributed by atoms with Crippen molar-refractivity contribution in [2.24, 2.45) is 0 Å². The molecule has 0 radical (unpaired) electrons. The molecule has 2 amide bonds. The lowest BCUT2D eigenvalue weighted by Crippen LogP contribution is -2.51. The molecule has 1 unspecified atom stereocenters. The van der Waals surface area contributed by atoms with Crippen LogP contribution in [-0.2, 0) is 16.1 Å². The fraction of sp³-hybridized carbons (Fsp3) is 0.364. The molecule has 0 aliphatic carbocycles. The van der Waals surface area contributed by atoms with E-state index < -0.39 is 6.04 Å². The Hall–Kier alpha value is -2.53. The molecular weight excluding hydrogens is 376 g/mol. The quantitative estimate of drug-likeness (QED) is 0.688. The van der Waals surface area contributed by atoms with Gasteiger partial charge in [-0.15, -0.1) is 0 Å². The van der Waals surface area contributed by atoms with Crippen LogP contribution in [0.2, 0.25) is 5.02 Å². The minimum atomic E-state index is -0.566. The number of amides is 2. The Balaban J connectivity index is 2.16. The number of halogens is 1. The van der Waals surface area contributed by atoms with Crippen LogP contribution in [0.3, 0.4) is 0 Å². The summed E-state index contributed by atoms with van der Waals surface area (Å²) in [6.07, 6.45) is 0.512. The van der Waals surface area contributed by atoms with E-state index in [1.807, 2.05) is 51.1 Å². The van der Waals surface area contributed by atoms with Gasteiger partial charge in [0.1, 0.15) is 11.8 Å². The molecule has 2 aromatic rings. The molecule has 0 aliphatic heterocycles. The van der Waals surface area contributed by atoms with E-state index in [0.29, 0.717) is 23.7 Å². The molecule has 0 spiro atoms. The SMILES string of the molecule is CCC(C(=O)NC(C)C)N(Cc1ccccc1)C(=O)COc1ccc(Cl)cc1. The Morgan fingerprint density at radius 1 is 1.07 bits per heavy atom. The highest BCUT2D eigenvalue weighted by molar-refractivity contribution is 6.30. The third-order valence-electron chi connectivity index (χ3n) is 4.19. The van der Waals surface area contributed by atoms with Gasteiger partial charge in [-0.25, -0.2) is 0 Å². The van der Waals surface area contributed by atoms with Gasteiger partial charge in [-0.1, -0.05) is 48.9 Å². The summed E-state index contributed by atoms with van der Waals surface area (Å²) in [7, 11) is 0. The highest BCUT2D eigenvalue weighted by atomic mass is 35.5. The van der Waals surface area contributed by atoms with E-state index >= 15 is 0 Å². The summed E-state index contributed by atoms with van der Waals surface area (Å²) in [5.74, 6) is 0.148. The van der Waals surface area contributed by atoms with Gasteiger partial charge in [-0.05, 0) is 50.1 Å². The van der Waals surface area contributed by atoms with E-state index in [-0.39, 0.29) is 24.5 Å². The molecule has 0 heterocycles. The molecular formula is C22H27ClN2O3. The minimum Gasteiger partial charge on any atom is -0.484 e. The van der Waals surface area contributed by atoms with Gasteiger partial charge in [-0.2, -0.15) is 0 Å². The van der Waals surface area contributed by atoms with Crippen LogP contribution >= 0.6 is 11.6 Å². The summed E-state index contributed by atoms with van der Waals surface area (Å²) < 4.78 is 5.62. The Morgan fingerprint density at radius 3 is 2.29 bits per heavy atom. The van der Waals surface area contributed by atoms with Crippen molar-refractivity contribution >= 4 is 23.4 Å². The molecule has 0 saturated heterocycles. The Kier molecular flexibility index (Phi) is 8.33. The lowest BCUT2D eigenvalue weighted by Gasteiger charge is -2.31. The molecule has 6 heteroatoms. The molecule has 0 aromatic heterocycles. The molecule has 2 aromatic carbocycles. The normalized spacial score (nSPS) is 11.8. The minimum absolute atomic E-state index is 0.000504. The first-order chi connectivity index (χ1) is 13.4. The van der Waals surface area contributed by atoms with Gasteiger partial charge in [-0.3, -0.25) is 9.59 Å².